The number of nitrogens with one attached hydrogen (secondary N) is 1. The van der Waals surface area contributed by atoms with Crippen molar-refractivity contribution in [1.29, 1.82) is 0 Å². The Hall–Kier alpha value is -1.58. The highest BCUT2D eigenvalue weighted by Crippen LogP contribution is 2.47. The number of pyridine rings is 1. The second-order valence-electron chi connectivity index (χ2n) is 4.56. The van der Waals surface area contributed by atoms with E-state index in [4.69, 9.17) is 5.11 Å². The molecule has 0 unspecified atom stereocenters. The van der Waals surface area contributed by atoms with Gasteiger partial charge in [-0.05, 0) is 43.9 Å². The second-order valence-corrected chi connectivity index (χ2v) is 4.56. The minimum Gasteiger partial charge on any atom is -0.481 e. The van der Waals surface area contributed by atoms with E-state index in [-0.39, 0.29) is 11.8 Å². The predicted molar refractivity (Wildman–Crippen MR) is 61.5 cm³/mol. The summed E-state index contributed by atoms with van der Waals surface area (Å²) in [5.74, 6) is 0.103. The summed E-state index contributed by atoms with van der Waals surface area (Å²) in [6, 6.07) is 4.18. The zero-order valence-electron chi connectivity index (χ0n) is 9.47. The molecule has 2 N–H and O–H groups in total. The van der Waals surface area contributed by atoms with Crippen LogP contribution < -0.4 is 5.32 Å². The van der Waals surface area contributed by atoms with E-state index in [0.29, 0.717) is 6.04 Å². The molecular formula is C12H16N2O2. The maximum absolute atomic E-state index is 10.8. The monoisotopic (exact) mass is 220 g/mol. The Morgan fingerprint density at radius 1 is 1.62 bits per heavy atom. The van der Waals surface area contributed by atoms with Gasteiger partial charge in [-0.25, -0.2) is 4.98 Å². The van der Waals surface area contributed by atoms with Crippen LogP contribution in [0.2, 0.25) is 0 Å². The first-order valence-corrected chi connectivity index (χ1v) is 5.53. The van der Waals surface area contributed by atoms with Gasteiger partial charge >= 0.3 is 5.97 Å². The van der Waals surface area contributed by atoms with Crippen molar-refractivity contribution in [1.82, 2.24) is 4.98 Å². The Morgan fingerprint density at radius 2 is 2.38 bits per heavy atom. The van der Waals surface area contributed by atoms with Gasteiger partial charge in [0.15, 0.2) is 0 Å². The number of anilines is 1. The van der Waals surface area contributed by atoms with E-state index >= 15 is 0 Å². The Kier molecular flexibility index (Phi) is 2.81. The number of aromatic nitrogens is 1. The van der Waals surface area contributed by atoms with Crippen LogP contribution in [0.4, 0.5) is 5.82 Å². The van der Waals surface area contributed by atoms with E-state index in [0.717, 1.165) is 17.8 Å². The zero-order chi connectivity index (χ0) is 11.7. The molecule has 4 heteroatoms. The van der Waals surface area contributed by atoms with Crippen LogP contribution in [0.5, 0.6) is 0 Å². The summed E-state index contributed by atoms with van der Waals surface area (Å²) in [5, 5.41) is 12.1. The van der Waals surface area contributed by atoms with E-state index in [1.807, 2.05) is 26.0 Å². The Bertz CT molecular complexity index is 404. The first-order valence-electron chi connectivity index (χ1n) is 5.53. The molecule has 1 aromatic rings. The molecule has 16 heavy (non-hydrogen) atoms. The van der Waals surface area contributed by atoms with Gasteiger partial charge in [-0.1, -0.05) is 0 Å². The number of nitrogens with zero attached hydrogens (tertiary/aromatic N) is 1. The standard InChI is InChI=1S/C12H16N2O2/c1-7(2)14-11-5-8(3-4-13-11)9-6-10(9)12(15)16/h3-5,7,9-10H,6H2,1-2H3,(H,13,14)(H,15,16)/t9-,10+/m0/s1. The number of rotatable bonds is 4. The largest absolute Gasteiger partial charge is 0.481 e. The van der Waals surface area contributed by atoms with Crippen LogP contribution in [-0.4, -0.2) is 22.1 Å². The molecule has 2 atom stereocenters. The maximum Gasteiger partial charge on any atom is 0.307 e. The molecule has 0 radical (unpaired) electrons. The van der Waals surface area contributed by atoms with Crippen LogP contribution >= 0.6 is 0 Å². The highest BCUT2D eigenvalue weighted by Gasteiger charge is 2.44. The van der Waals surface area contributed by atoms with Gasteiger partial charge in [0.25, 0.3) is 0 Å². The highest BCUT2D eigenvalue weighted by molar-refractivity contribution is 5.75. The summed E-state index contributed by atoms with van der Waals surface area (Å²) in [4.78, 5) is 15.0. The third-order valence-electron chi connectivity index (χ3n) is 2.76. The molecule has 1 aliphatic rings. The van der Waals surface area contributed by atoms with Crippen molar-refractivity contribution in [3.05, 3.63) is 23.9 Å². The highest BCUT2D eigenvalue weighted by atomic mass is 16.4. The Morgan fingerprint density at radius 3 is 2.94 bits per heavy atom. The van der Waals surface area contributed by atoms with Crippen LogP contribution in [0.3, 0.4) is 0 Å². The smallest absolute Gasteiger partial charge is 0.307 e. The van der Waals surface area contributed by atoms with E-state index in [1.165, 1.54) is 0 Å². The molecule has 0 amide bonds. The van der Waals surface area contributed by atoms with Crippen molar-refractivity contribution in [2.24, 2.45) is 5.92 Å². The van der Waals surface area contributed by atoms with Crippen LogP contribution in [0, 0.1) is 5.92 Å². The SMILES string of the molecule is CC(C)Nc1cc([C@@H]2C[C@H]2C(=O)O)ccn1. The van der Waals surface area contributed by atoms with Gasteiger partial charge in [-0.3, -0.25) is 4.79 Å². The van der Waals surface area contributed by atoms with Crippen LogP contribution in [0.15, 0.2) is 18.3 Å². The van der Waals surface area contributed by atoms with Crippen molar-refractivity contribution in [2.75, 3.05) is 5.32 Å². The summed E-state index contributed by atoms with van der Waals surface area (Å²) in [5.41, 5.74) is 1.07. The lowest BCUT2D eigenvalue weighted by atomic mass is 10.1. The second kappa shape index (κ2) is 4.12. The molecule has 1 saturated carbocycles. The van der Waals surface area contributed by atoms with Crippen molar-refractivity contribution < 1.29 is 9.90 Å². The Labute approximate surface area is 94.7 Å². The number of carboxylic acid groups (broad SMARTS) is 1. The number of carboxylic acids is 1. The molecule has 0 spiro atoms. The van der Waals surface area contributed by atoms with Crippen molar-refractivity contribution in [3.63, 3.8) is 0 Å². The zero-order valence-corrected chi connectivity index (χ0v) is 9.47. The van der Waals surface area contributed by atoms with E-state index in [1.54, 1.807) is 6.20 Å². The third kappa shape index (κ3) is 2.32. The predicted octanol–water partition coefficient (Wildman–Crippen LogP) is 2.09. The van der Waals surface area contributed by atoms with Crippen LogP contribution in [0.1, 0.15) is 31.7 Å². The first kappa shape index (κ1) is 10.9. The topological polar surface area (TPSA) is 62.2 Å². The lowest BCUT2D eigenvalue weighted by Gasteiger charge is -2.09. The lowest BCUT2D eigenvalue weighted by molar-refractivity contribution is -0.138. The van der Waals surface area contributed by atoms with Crippen molar-refractivity contribution in [3.8, 4) is 0 Å². The number of carbonyl (C=O) groups is 1. The lowest BCUT2D eigenvalue weighted by Crippen LogP contribution is -2.11. The van der Waals surface area contributed by atoms with Gasteiger partial charge < -0.3 is 10.4 Å². The van der Waals surface area contributed by atoms with E-state index < -0.39 is 5.97 Å². The molecule has 1 fully saturated rings. The van der Waals surface area contributed by atoms with E-state index in [2.05, 4.69) is 10.3 Å². The fraction of sp³-hybridized carbons (Fsp3) is 0.500. The quantitative estimate of drug-likeness (QED) is 0.815. The molecular weight excluding hydrogens is 204 g/mol. The minimum absolute atomic E-state index is 0.174. The molecule has 2 rings (SSSR count). The summed E-state index contributed by atoms with van der Waals surface area (Å²) < 4.78 is 0. The van der Waals surface area contributed by atoms with Gasteiger partial charge in [0.05, 0.1) is 5.92 Å². The van der Waals surface area contributed by atoms with Gasteiger partial charge in [0.1, 0.15) is 5.82 Å². The molecule has 1 heterocycles. The van der Waals surface area contributed by atoms with Gasteiger partial charge in [0, 0.05) is 12.2 Å². The fourth-order valence-corrected chi connectivity index (χ4v) is 1.89. The van der Waals surface area contributed by atoms with Crippen LogP contribution in [0.25, 0.3) is 0 Å². The molecule has 0 saturated heterocycles. The normalized spacial score (nSPS) is 23.2. The average Bonchev–Trinajstić information content (AvgIpc) is 2.96. The fourth-order valence-electron chi connectivity index (χ4n) is 1.89. The third-order valence-corrected chi connectivity index (χ3v) is 2.76. The summed E-state index contributed by atoms with van der Waals surface area (Å²) in [6.07, 6.45) is 2.48. The average molecular weight is 220 g/mol. The minimum atomic E-state index is -0.694. The Balaban J connectivity index is 2.09. The summed E-state index contributed by atoms with van der Waals surface area (Å²) in [6.45, 7) is 4.09. The molecule has 86 valence electrons. The molecule has 0 aromatic carbocycles. The number of hydrogen-bond acceptors (Lipinski definition) is 3. The van der Waals surface area contributed by atoms with Crippen LogP contribution in [-0.2, 0) is 4.79 Å². The number of hydrogen-bond donors (Lipinski definition) is 2. The summed E-state index contributed by atoms with van der Waals surface area (Å²) >= 11 is 0. The molecule has 4 nitrogen and oxygen atoms in total. The molecule has 0 bridgehead atoms. The van der Waals surface area contributed by atoms with E-state index in [9.17, 15) is 4.79 Å². The van der Waals surface area contributed by atoms with Gasteiger partial charge in [-0.15, -0.1) is 0 Å². The molecule has 1 aliphatic carbocycles. The molecule has 0 aliphatic heterocycles. The van der Waals surface area contributed by atoms with Crippen molar-refractivity contribution >= 4 is 11.8 Å². The van der Waals surface area contributed by atoms with Gasteiger partial charge in [0.2, 0.25) is 0 Å². The van der Waals surface area contributed by atoms with Crippen molar-refractivity contribution in [2.45, 2.75) is 32.2 Å². The summed E-state index contributed by atoms with van der Waals surface area (Å²) in [7, 11) is 0. The molecule has 1 aromatic heterocycles. The number of aliphatic carboxylic acids is 1. The first-order chi connectivity index (χ1) is 7.58. The maximum atomic E-state index is 10.8. The van der Waals surface area contributed by atoms with Gasteiger partial charge in [-0.2, -0.15) is 0 Å².